The molecule has 0 saturated heterocycles. The van der Waals surface area contributed by atoms with Crippen LogP contribution in [0.3, 0.4) is 0 Å². The smallest absolute Gasteiger partial charge is 0.196 e. The van der Waals surface area contributed by atoms with Crippen LogP contribution in [-0.4, -0.2) is 85.4 Å². The van der Waals surface area contributed by atoms with Crippen LogP contribution in [0.4, 0.5) is 5.69 Å². The molecule has 11 nitrogen and oxygen atoms in total. The molecular formula is C42H60N4O7S2. The first kappa shape index (κ1) is 41.5. The molecule has 5 atom stereocenters. The zero-order valence-corrected chi connectivity index (χ0v) is 34.5. The number of aliphatic hydroxyl groups excluding tert-OH is 1. The third-order valence-electron chi connectivity index (χ3n) is 12.7. The molecular weight excluding hydrogens is 737 g/mol. The number of phenolic OH excluding ortho intramolecular Hbond substituents is 2. The number of anilines is 1. The summed E-state index contributed by atoms with van der Waals surface area (Å²) in [6.45, 7) is 0.590. The molecule has 302 valence electrons. The lowest BCUT2D eigenvalue weighted by Gasteiger charge is -2.34. The molecule has 3 aliphatic carbocycles. The van der Waals surface area contributed by atoms with Crippen molar-refractivity contribution in [2.75, 3.05) is 51.8 Å². The second kappa shape index (κ2) is 18.4. The predicted molar refractivity (Wildman–Crippen MR) is 222 cm³/mol. The number of nitrogens with one attached hydrogen (secondary N) is 3. The summed E-state index contributed by atoms with van der Waals surface area (Å²) in [6.07, 6.45) is 14.2. The van der Waals surface area contributed by atoms with Crippen molar-refractivity contribution >= 4 is 39.0 Å². The fourth-order valence-electron chi connectivity index (χ4n) is 9.74. The number of nitrogens with zero attached hydrogens (tertiary/aromatic N) is 1. The van der Waals surface area contributed by atoms with E-state index in [2.05, 4.69) is 27.0 Å². The molecule has 6 N–H and O–H groups in total. The van der Waals surface area contributed by atoms with Crippen LogP contribution >= 0.6 is 21.6 Å². The van der Waals surface area contributed by atoms with E-state index in [9.17, 15) is 20.1 Å². The molecule has 2 aromatic carbocycles. The van der Waals surface area contributed by atoms with Crippen molar-refractivity contribution < 1.29 is 34.3 Å². The van der Waals surface area contributed by atoms with E-state index in [1.807, 2.05) is 37.4 Å². The quantitative estimate of drug-likeness (QED) is 0.0813. The van der Waals surface area contributed by atoms with Gasteiger partial charge in [-0.2, -0.15) is 0 Å². The molecule has 1 heterocycles. The molecule has 4 aliphatic rings. The average molecular weight is 797 g/mol. The van der Waals surface area contributed by atoms with Crippen molar-refractivity contribution in [2.24, 2.45) is 22.2 Å². The number of aromatic hydroxyl groups is 2. The summed E-state index contributed by atoms with van der Waals surface area (Å²) < 4.78 is 17.6. The summed E-state index contributed by atoms with van der Waals surface area (Å²) in [7, 11) is 10.2. The Hall–Kier alpha value is -3.10. The van der Waals surface area contributed by atoms with Crippen LogP contribution in [-0.2, 0) is 21.4 Å². The number of fused-ring (bicyclic) bond motifs is 4. The van der Waals surface area contributed by atoms with E-state index in [0.29, 0.717) is 61.3 Å². The number of aliphatic hydroxyl groups is 1. The molecule has 0 amide bonds. The maximum Gasteiger partial charge on any atom is 0.196 e. The van der Waals surface area contributed by atoms with Crippen LogP contribution in [0, 0.1) is 17.3 Å². The zero-order valence-electron chi connectivity index (χ0n) is 32.8. The number of guanidine groups is 1. The average Bonchev–Trinajstić information content (AvgIpc) is 3.93. The Morgan fingerprint density at radius 1 is 1.04 bits per heavy atom. The van der Waals surface area contributed by atoms with E-state index in [0.717, 1.165) is 74.7 Å². The first-order chi connectivity index (χ1) is 26.6. The van der Waals surface area contributed by atoms with E-state index in [1.165, 1.54) is 7.11 Å². The normalized spacial score (nSPS) is 29.0. The van der Waals surface area contributed by atoms with Gasteiger partial charge in [0.1, 0.15) is 5.60 Å². The fraction of sp³-hybridized carbons (Fsp3) is 0.619. The van der Waals surface area contributed by atoms with Crippen LogP contribution in [0.2, 0.25) is 0 Å². The lowest BCUT2D eigenvalue weighted by molar-refractivity contribution is -0.125. The van der Waals surface area contributed by atoms with Gasteiger partial charge in [0.05, 0.1) is 18.7 Å². The summed E-state index contributed by atoms with van der Waals surface area (Å²) in [5, 5.41) is 42.6. The lowest BCUT2D eigenvalue weighted by Crippen LogP contribution is -2.43. The molecule has 13 heteroatoms. The topological polar surface area (TPSA) is 154 Å². The van der Waals surface area contributed by atoms with Crippen LogP contribution < -0.4 is 25.4 Å². The molecule has 55 heavy (non-hydrogen) atoms. The Morgan fingerprint density at radius 3 is 2.60 bits per heavy atom. The number of likely N-dealkylation sites (N-methyl/N-ethyl adjacent to an activating group) is 1. The largest absolute Gasteiger partial charge is 0.504 e. The van der Waals surface area contributed by atoms with E-state index in [4.69, 9.17) is 14.2 Å². The number of hydrogen-bond acceptors (Lipinski definition) is 11. The summed E-state index contributed by atoms with van der Waals surface area (Å²) in [4.78, 5) is 19.2. The Balaban J connectivity index is 1.37. The summed E-state index contributed by atoms with van der Waals surface area (Å²) in [5.41, 5.74) is 1.19. The van der Waals surface area contributed by atoms with Crippen molar-refractivity contribution in [3.05, 3.63) is 53.6 Å². The molecule has 2 bridgehead atoms. The van der Waals surface area contributed by atoms with E-state index in [-0.39, 0.29) is 34.5 Å². The number of ether oxygens (including phenoxy) is 3. The van der Waals surface area contributed by atoms with Crippen molar-refractivity contribution in [1.82, 2.24) is 10.6 Å². The SMILES string of the molecule is CN=C1NCSSC[C@H]2CCC[C@@]2(Cc2ccc(O)c(OC)c2)C(=O)/C=C\CC2(CCCC2)c2cc(c(O)c(O[C@]3(CNC)CC[C@H](C[C@H](O)OC)C3)c2)N1. The Morgan fingerprint density at radius 2 is 1.85 bits per heavy atom. The molecule has 0 unspecified atom stereocenters. The maximum atomic E-state index is 14.7. The van der Waals surface area contributed by atoms with Crippen molar-refractivity contribution in [2.45, 2.75) is 101 Å². The lowest BCUT2D eigenvalue weighted by atomic mass is 9.70. The van der Waals surface area contributed by atoms with E-state index in [1.54, 1.807) is 41.8 Å². The number of aliphatic imine (C=N–C) groups is 1. The number of allylic oxidation sites excluding steroid dienone is 2. The maximum absolute atomic E-state index is 14.7. The number of carbonyl (C=O) groups excluding carboxylic acids is 1. The number of rotatable bonds is 10. The van der Waals surface area contributed by atoms with Gasteiger partial charge in [-0.1, -0.05) is 53.0 Å². The molecule has 0 radical (unpaired) electrons. The molecule has 1 spiro atoms. The number of phenols is 2. The van der Waals surface area contributed by atoms with Gasteiger partial charge in [-0.3, -0.25) is 9.79 Å². The molecule has 2 aromatic rings. The van der Waals surface area contributed by atoms with Crippen molar-refractivity contribution in [3.8, 4) is 23.0 Å². The minimum atomic E-state index is -0.823. The summed E-state index contributed by atoms with van der Waals surface area (Å²) in [5.74, 6) is 3.49. The highest BCUT2D eigenvalue weighted by Crippen LogP contribution is 2.52. The van der Waals surface area contributed by atoms with Gasteiger partial charge in [-0.25, -0.2) is 0 Å². The Bertz CT molecular complexity index is 1700. The molecule has 3 fully saturated rings. The minimum absolute atomic E-state index is 0.0296. The first-order valence-electron chi connectivity index (χ1n) is 19.8. The third-order valence-corrected chi connectivity index (χ3v) is 14.9. The Labute approximate surface area is 334 Å². The van der Waals surface area contributed by atoms with Crippen molar-refractivity contribution in [3.63, 3.8) is 0 Å². The standard InChI is InChI=1S/C42H60N4O7S2/c1-43-26-41(18-13-29(23-41)20-37(49)52-4)53-35-22-31-21-32(38(35)50)46-39(44-2)45-27-55-54-25-30-9-7-17-42(30,24-28-11-12-33(47)34(19-28)51-3)36(48)10-8-16-40(31)14-5-6-15-40/h8,10-12,19,21-22,29-30,37,43,47,49-50H,5-7,9,13-18,20,23-27H2,1-4H3,(H2,44,45,46)/b10-8-/t29-,30-,37-,41-,42+/m1/s1. The highest BCUT2D eigenvalue weighted by Gasteiger charge is 2.48. The second-order valence-electron chi connectivity index (χ2n) is 16.0. The van der Waals surface area contributed by atoms with Gasteiger partial charge in [0.2, 0.25) is 0 Å². The van der Waals surface area contributed by atoms with Gasteiger partial charge in [-0.15, -0.1) is 0 Å². The summed E-state index contributed by atoms with van der Waals surface area (Å²) in [6, 6.07) is 9.51. The number of hydrogen-bond donors (Lipinski definition) is 6. The number of methoxy groups -OCH3 is 2. The van der Waals surface area contributed by atoms with E-state index < -0.39 is 17.3 Å². The summed E-state index contributed by atoms with van der Waals surface area (Å²) >= 11 is 0. The highest BCUT2D eigenvalue weighted by atomic mass is 33.1. The van der Waals surface area contributed by atoms with Crippen LogP contribution in [0.15, 0.2) is 47.5 Å². The number of benzene rings is 2. The second-order valence-corrected chi connectivity index (χ2v) is 18.5. The van der Waals surface area contributed by atoms with Gasteiger partial charge in [0, 0.05) is 38.3 Å². The van der Waals surface area contributed by atoms with Gasteiger partial charge in [0.25, 0.3) is 0 Å². The number of carbonyl (C=O) groups is 1. The van der Waals surface area contributed by atoms with Gasteiger partial charge in [0.15, 0.2) is 41.0 Å². The number of ketones is 1. The molecule has 0 aromatic heterocycles. The first-order valence-corrected chi connectivity index (χ1v) is 22.3. The van der Waals surface area contributed by atoms with Crippen molar-refractivity contribution in [1.29, 1.82) is 0 Å². The van der Waals surface area contributed by atoms with Gasteiger partial charge in [-0.05, 0) is 124 Å². The molecule has 1 aliphatic heterocycles. The third kappa shape index (κ3) is 9.38. The predicted octanol–water partition coefficient (Wildman–Crippen LogP) is 7.29. The van der Waals surface area contributed by atoms with Crippen LogP contribution in [0.1, 0.15) is 88.2 Å². The van der Waals surface area contributed by atoms with E-state index >= 15 is 0 Å². The van der Waals surface area contributed by atoms with Crippen LogP contribution in [0.25, 0.3) is 0 Å². The fourth-order valence-corrected chi connectivity index (χ4v) is 12.0. The molecule has 6 rings (SSSR count). The van der Waals surface area contributed by atoms with Gasteiger partial charge < -0.3 is 45.5 Å². The Kier molecular flexibility index (Phi) is 13.9. The minimum Gasteiger partial charge on any atom is -0.504 e. The zero-order chi connectivity index (χ0) is 39.1. The monoisotopic (exact) mass is 796 g/mol. The molecule has 3 saturated carbocycles. The highest BCUT2D eigenvalue weighted by molar-refractivity contribution is 8.76. The van der Waals surface area contributed by atoms with Gasteiger partial charge >= 0.3 is 0 Å². The van der Waals surface area contributed by atoms with Crippen LogP contribution in [0.5, 0.6) is 23.0 Å².